The van der Waals surface area contributed by atoms with Crippen molar-refractivity contribution in [1.82, 2.24) is 4.98 Å². The van der Waals surface area contributed by atoms with Gasteiger partial charge in [-0.1, -0.05) is 11.6 Å². The van der Waals surface area contributed by atoms with Crippen molar-refractivity contribution in [1.29, 1.82) is 0 Å². The molecule has 0 bridgehead atoms. The quantitative estimate of drug-likeness (QED) is 0.873. The second-order valence-corrected chi connectivity index (χ2v) is 5.81. The molecule has 1 N–H and O–H groups in total. The lowest BCUT2D eigenvalue weighted by molar-refractivity contribution is -0.0497. The van der Waals surface area contributed by atoms with Crippen LogP contribution in [0.2, 0.25) is 5.02 Å². The van der Waals surface area contributed by atoms with Gasteiger partial charge in [0.25, 0.3) is 0 Å². The van der Waals surface area contributed by atoms with Crippen LogP contribution in [0, 0.1) is 13.8 Å². The number of anilines is 1. The standard InChI is InChI=1S/C13H13ClF2N2OS/c1-7-12(20-8(2)18-7)6-17-9-3-4-11(10(14)5-9)19-13(15)16/h3-5,13,17H,6H2,1-2H3. The molecule has 2 rings (SSSR count). The smallest absolute Gasteiger partial charge is 0.387 e. The number of halogens is 3. The molecule has 1 heterocycles. The molecule has 3 nitrogen and oxygen atoms in total. The zero-order chi connectivity index (χ0) is 14.7. The highest BCUT2D eigenvalue weighted by Crippen LogP contribution is 2.29. The van der Waals surface area contributed by atoms with Crippen molar-refractivity contribution in [3.05, 3.63) is 38.8 Å². The first-order valence-electron chi connectivity index (χ1n) is 5.87. The summed E-state index contributed by atoms with van der Waals surface area (Å²) in [4.78, 5) is 5.47. The van der Waals surface area contributed by atoms with E-state index in [2.05, 4.69) is 15.0 Å². The number of ether oxygens (including phenoxy) is 1. The van der Waals surface area contributed by atoms with Gasteiger partial charge in [-0.05, 0) is 32.0 Å². The highest BCUT2D eigenvalue weighted by atomic mass is 35.5. The van der Waals surface area contributed by atoms with Gasteiger partial charge < -0.3 is 10.1 Å². The highest BCUT2D eigenvalue weighted by Gasteiger charge is 2.09. The Morgan fingerprint density at radius 2 is 2.15 bits per heavy atom. The maximum Gasteiger partial charge on any atom is 0.387 e. The molecule has 0 spiro atoms. The molecule has 2 aromatic rings. The van der Waals surface area contributed by atoms with Gasteiger partial charge in [0, 0.05) is 10.6 Å². The van der Waals surface area contributed by atoms with Gasteiger partial charge in [-0.3, -0.25) is 0 Å². The van der Waals surface area contributed by atoms with Crippen LogP contribution in [0.4, 0.5) is 14.5 Å². The molecule has 0 aliphatic carbocycles. The minimum atomic E-state index is -2.88. The van der Waals surface area contributed by atoms with Gasteiger partial charge in [0.2, 0.25) is 0 Å². The Kier molecular flexibility index (Phi) is 4.77. The predicted octanol–water partition coefficient (Wildman–Crippen LogP) is 4.63. The van der Waals surface area contributed by atoms with Crippen LogP contribution in [0.25, 0.3) is 0 Å². The van der Waals surface area contributed by atoms with Crippen LogP contribution in [0.5, 0.6) is 5.75 Å². The van der Waals surface area contributed by atoms with Gasteiger partial charge in [0.15, 0.2) is 0 Å². The molecule has 0 atom stereocenters. The van der Waals surface area contributed by atoms with Gasteiger partial charge in [-0.2, -0.15) is 8.78 Å². The van der Waals surface area contributed by atoms with Gasteiger partial charge in [-0.15, -0.1) is 11.3 Å². The van der Waals surface area contributed by atoms with Crippen LogP contribution >= 0.6 is 22.9 Å². The summed E-state index contributed by atoms with van der Waals surface area (Å²) >= 11 is 7.50. The zero-order valence-corrected chi connectivity index (χ0v) is 12.5. The Hall–Kier alpha value is -1.40. The van der Waals surface area contributed by atoms with Crippen molar-refractivity contribution >= 4 is 28.6 Å². The third-order valence-corrected chi connectivity index (χ3v) is 3.97. The zero-order valence-electron chi connectivity index (χ0n) is 10.9. The van der Waals surface area contributed by atoms with E-state index in [1.165, 1.54) is 6.07 Å². The molecule has 0 amide bonds. The molecule has 1 aromatic carbocycles. The number of nitrogens with zero attached hydrogens (tertiary/aromatic N) is 1. The Morgan fingerprint density at radius 3 is 2.70 bits per heavy atom. The first kappa shape index (κ1) is 15.0. The summed E-state index contributed by atoms with van der Waals surface area (Å²) in [5.74, 6) is -0.0305. The van der Waals surface area contributed by atoms with Gasteiger partial charge in [-0.25, -0.2) is 4.98 Å². The second kappa shape index (κ2) is 6.37. The number of thiazole rings is 1. The Labute approximate surface area is 124 Å². The van der Waals surface area contributed by atoms with Crippen LogP contribution in [-0.2, 0) is 6.54 Å². The first-order valence-corrected chi connectivity index (χ1v) is 7.06. The summed E-state index contributed by atoms with van der Waals surface area (Å²) in [6.07, 6.45) is 0. The predicted molar refractivity (Wildman–Crippen MR) is 77.0 cm³/mol. The number of aromatic nitrogens is 1. The van der Waals surface area contributed by atoms with Gasteiger partial charge in [0.1, 0.15) is 5.75 Å². The van der Waals surface area contributed by atoms with E-state index in [4.69, 9.17) is 11.6 Å². The van der Waals surface area contributed by atoms with Crippen LogP contribution < -0.4 is 10.1 Å². The summed E-state index contributed by atoms with van der Waals surface area (Å²) in [6.45, 7) is 1.64. The molecule has 1 aromatic heterocycles. The molecule has 7 heteroatoms. The molecular weight excluding hydrogens is 306 g/mol. The maximum atomic E-state index is 12.1. The Balaban J connectivity index is 2.03. The van der Waals surface area contributed by atoms with Crippen molar-refractivity contribution in [3.63, 3.8) is 0 Å². The first-order chi connectivity index (χ1) is 9.45. The molecule has 0 saturated carbocycles. The molecule has 20 heavy (non-hydrogen) atoms. The lowest BCUT2D eigenvalue weighted by Crippen LogP contribution is -2.03. The molecular formula is C13H13ClF2N2OS. The summed E-state index contributed by atoms with van der Waals surface area (Å²) in [5, 5.41) is 4.34. The normalized spacial score (nSPS) is 10.9. The Morgan fingerprint density at radius 1 is 1.40 bits per heavy atom. The topological polar surface area (TPSA) is 34.2 Å². The highest BCUT2D eigenvalue weighted by molar-refractivity contribution is 7.11. The van der Waals surface area contributed by atoms with E-state index in [0.717, 1.165) is 21.3 Å². The second-order valence-electron chi connectivity index (χ2n) is 4.12. The third kappa shape index (κ3) is 3.80. The fraction of sp³-hybridized carbons (Fsp3) is 0.308. The van der Waals surface area contributed by atoms with Crippen molar-refractivity contribution in [2.45, 2.75) is 27.0 Å². The van der Waals surface area contributed by atoms with Crippen molar-refractivity contribution in [3.8, 4) is 5.75 Å². The van der Waals surface area contributed by atoms with E-state index < -0.39 is 6.61 Å². The summed E-state index contributed by atoms with van der Waals surface area (Å²) in [6, 6.07) is 4.62. The molecule has 0 saturated heterocycles. The molecule has 0 radical (unpaired) electrons. The SMILES string of the molecule is Cc1nc(C)c(CNc2ccc(OC(F)F)c(Cl)c2)s1. The van der Waals surface area contributed by atoms with Crippen molar-refractivity contribution in [2.75, 3.05) is 5.32 Å². The summed E-state index contributed by atoms with van der Waals surface area (Å²) in [5.41, 5.74) is 1.73. The molecule has 108 valence electrons. The van der Waals surface area contributed by atoms with E-state index in [0.29, 0.717) is 6.54 Å². The number of alkyl halides is 2. The van der Waals surface area contributed by atoms with E-state index in [9.17, 15) is 8.78 Å². The van der Waals surface area contributed by atoms with E-state index in [-0.39, 0.29) is 10.8 Å². The fourth-order valence-corrected chi connectivity index (χ4v) is 2.82. The van der Waals surface area contributed by atoms with Gasteiger partial charge >= 0.3 is 6.61 Å². The largest absolute Gasteiger partial charge is 0.433 e. The molecule has 0 aliphatic rings. The van der Waals surface area contributed by atoms with Gasteiger partial charge in [0.05, 0.1) is 22.3 Å². The van der Waals surface area contributed by atoms with Crippen molar-refractivity contribution < 1.29 is 13.5 Å². The van der Waals surface area contributed by atoms with Crippen LogP contribution in [0.15, 0.2) is 18.2 Å². The number of hydrogen-bond acceptors (Lipinski definition) is 4. The lowest BCUT2D eigenvalue weighted by atomic mass is 10.3. The van der Waals surface area contributed by atoms with Crippen LogP contribution in [0.1, 0.15) is 15.6 Å². The summed E-state index contributed by atoms with van der Waals surface area (Å²) < 4.78 is 28.5. The molecule has 0 fully saturated rings. The number of rotatable bonds is 5. The van der Waals surface area contributed by atoms with E-state index in [1.807, 2.05) is 13.8 Å². The summed E-state index contributed by atoms with van der Waals surface area (Å²) in [7, 11) is 0. The van der Waals surface area contributed by atoms with E-state index >= 15 is 0 Å². The van der Waals surface area contributed by atoms with Crippen molar-refractivity contribution in [2.24, 2.45) is 0 Å². The molecule has 0 aliphatic heterocycles. The van der Waals surface area contributed by atoms with Crippen LogP contribution in [-0.4, -0.2) is 11.6 Å². The minimum Gasteiger partial charge on any atom is -0.433 e. The Bertz CT molecular complexity index is 604. The van der Waals surface area contributed by atoms with Crippen LogP contribution in [0.3, 0.4) is 0 Å². The maximum absolute atomic E-state index is 12.1. The fourth-order valence-electron chi connectivity index (χ4n) is 1.72. The van der Waals surface area contributed by atoms with E-state index in [1.54, 1.807) is 23.5 Å². The number of hydrogen-bond donors (Lipinski definition) is 1. The number of benzene rings is 1. The lowest BCUT2D eigenvalue weighted by Gasteiger charge is -2.10. The number of nitrogens with one attached hydrogen (secondary N) is 1. The average molecular weight is 319 g/mol. The monoisotopic (exact) mass is 318 g/mol. The average Bonchev–Trinajstić information content (AvgIpc) is 2.68. The third-order valence-electron chi connectivity index (χ3n) is 2.60. The number of aryl methyl sites for hydroxylation is 2. The molecule has 0 unspecified atom stereocenters. The minimum absolute atomic E-state index is 0.0305.